The molecule has 2 N–H and O–H groups in total. The highest BCUT2D eigenvalue weighted by Crippen LogP contribution is 2.37. The largest absolute Gasteiger partial charge is 0.493 e. The van der Waals surface area contributed by atoms with Crippen LogP contribution in [-0.2, 0) is 4.79 Å². The highest BCUT2D eigenvalue weighted by Gasteiger charge is 2.32. The van der Waals surface area contributed by atoms with E-state index in [1.807, 2.05) is 18.2 Å². The number of nitrogens with zero attached hydrogens (tertiary/aromatic N) is 4. The predicted octanol–water partition coefficient (Wildman–Crippen LogP) is 3.59. The molecule has 2 aromatic carbocycles. The van der Waals surface area contributed by atoms with Gasteiger partial charge in [0, 0.05) is 67.9 Å². The zero-order valence-electron chi connectivity index (χ0n) is 21.9. The molecule has 1 atom stereocenters. The summed E-state index contributed by atoms with van der Waals surface area (Å²) in [6, 6.07) is 10.8. The van der Waals surface area contributed by atoms with Gasteiger partial charge in [-0.15, -0.1) is 0 Å². The van der Waals surface area contributed by atoms with Gasteiger partial charge in [0.2, 0.25) is 10.7 Å². The molecule has 0 radical (unpaired) electrons. The molecule has 2 aliphatic heterocycles. The number of methoxy groups -OCH3 is 2. The molecule has 1 unspecified atom stereocenters. The summed E-state index contributed by atoms with van der Waals surface area (Å²) in [5.74, 6) is 1.30. The summed E-state index contributed by atoms with van der Waals surface area (Å²) in [5, 5.41) is 7.67. The van der Waals surface area contributed by atoms with Gasteiger partial charge in [0.1, 0.15) is 11.9 Å². The molecule has 0 spiro atoms. The van der Waals surface area contributed by atoms with Gasteiger partial charge in [-0.3, -0.25) is 14.5 Å². The van der Waals surface area contributed by atoms with Crippen LogP contribution in [0.2, 0.25) is 5.02 Å². The number of amides is 1. The maximum Gasteiger partial charge on any atom is 0.257 e. The minimum Gasteiger partial charge on any atom is -0.493 e. The summed E-state index contributed by atoms with van der Waals surface area (Å²) in [7, 11) is 3.10. The molecule has 39 heavy (non-hydrogen) atoms. The zero-order valence-corrected chi connectivity index (χ0v) is 23.5. The quantitative estimate of drug-likeness (QED) is 0.374. The monoisotopic (exact) mass is 570 g/mol. The summed E-state index contributed by atoms with van der Waals surface area (Å²) in [5.41, 5.74) is 1.73. The molecule has 1 aromatic heterocycles. The van der Waals surface area contributed by atoms with E-state index in [-0.39, 0.29) is 23.0 Å². The Bertz CT molecular complexity index is 1460. The van der Waals surface area contributed by atoms with Gasteiger partial charge in [0.15, 0.2) is 11.5 Å². The molecule has 5 rings (SSSR count). The molecule has 0 saturated carbocycles. The van der Waals surface area contributed by atoms with E-state index < -0.39 is 6.04 Å². The molecule has 3 aromatic rings. The van der Waals surface area contributed by atoms with Crippen LogP contribution in [0, 0.1) is 4.77 Å². The number of anilines is 2. The molecule has 1 amide bonds. The lowest BCUT2D eigenvalue weighted by atomic mass is 10.1. The van der Waals surface area contributed by atoms with Crippen LogP contribution in [-0.4, -0.2) is 85.8 Å². The number of nitrogens with one attached hydrogen (secondary N) is 2. The lowest BCUT2D eigenvalue weighted by Crippen LogP contribution is -2.48. The van der Waals surface area contributed by atoms with Crippen molar-refractivity contribution in [2.24, 2.45) is 0 Å². The van der Waals surface area contributed by atoms with Crippen LogP contribution in [0.15, 0.2) is 36.4 Å². The Hall–Kier alpha value is -3.41. The second kappa shape index (κ2) is 11.8. The van der Waals surface area contributed by atoms with E-state index in [0.29, 0.717) is 41.2 Å². The molecule has 2 aliphatic rings. The average molecular weight is 571 g/mol. The minimum absolute atomic E-state index is 0.0869. The number of benzene rings is 2. The Morgan fingerprint density at radius 1 is 1.15 bits per heavy atom. The van der Waals surface area contributed by atoms with Gasteiger partial charge < -0.3 is 25.0 Å². The fraction of sp³-hybridized carbons (Fsp3) is 0.407. The van der Waals surface area contributed by atoms with Crippen molar-refractivity contribution in [2.45, 2.75) is 18.9 Å². The third-order valence-corrected chi connectivity index (χ3v) is 7.68. The Labute approximate surface area is 236 Å². The molecule has 0 aliphatic carbocycles. The second-order valence-electron chi connectivity index (χ2n) is 9.54. The zero-order chi connectivity index (χ0) is 27.5. The number of hydrogen-bond donors (Lipinski definition) is 2. The highest BCUT2D eigenvalue weighted by molar-refractivity contribution is 7.71. The first kappa shape index (κ1) is 27.2. The standard InChI is InChI=1S/C27H31ClN6O4S/c1-37-22-15-19-21(16-23(22)38-2)31-27(39)34-25(19)30-20(26(34)36)6-7-24(35)29-8-9-32-10-12-33(13-11-32)18-5-3-4-17(28)14-18/h3-5,14-16,20,30H,6-13H2,1-2H3,(H,29,35). The van der Waals surface area contributed by atoms with E-state index in [0.717, 1.165) is 43.4 Å². The maximum atomic E-state index is 13.1. The average Bonchev–Trinajstić information content (AvgIpc) is 3.28. The van der Waals surface area contributed by atoms with Crippen molar-refractivity contribution in [2.75, 3.05) is 63.7 Å². The summed E-state index contributed by atoms with van der Waals surface area (Å²) in [6.07, 6.45) is 0.560. The first-order valence-electron chi connectivity index (χ1n) is 12.9. The first-order chi connectivity index (χ1) is 18.9. The first-order valence-corrected chi connectivity index (χ1v) is 13.7. The molecule has 1 saturated heterocycles. The Morgan fingerprint density at radius 3 is 2.62 bits per heavy atom. The van der Waals surface area contributed by atoms with E-state index in [2.05, 4.69) is 31.5 Å². The summed E-state index contributed by atoms with van der Waals surface area (Å²) in [6.45, 7) is 4.99. The Balaban J connectivity index is 1.11. The van der Waals surface area contributed by atoms with Crippen LogP contribution >= 0.6 is 23.8 Å². The maximum absolute atomic E-state index is 13.1. The van der Waals surface area contributed by atoms with Gasteiger partial charge in [0.25, 0.3) is 5.91 Å². The lowest BCUT2D eigenvalue weighted by molar-refractivity contribution is -0.121. The van der Waals surface area contributed by atoms with E-state index >= 15 is 0 Å². The van der Waals surface area contributed by atoms with Crippen molar-refractivity contribution in [3.63, 3.8) is 0 Å². The van der Waals surface area contributed by atoms with Crippen LogP contribution < -0.4 is 25.0 Å². The van der Waals surface area contributed by atoms with E-state index in [4.69, 9.17) is 33.3 Å². The van der Waals surface area contributed by atoms with Crippen LogP contribution in [0.5, 0.6) is 11.5 Å². The number of rotatable bonds is 9. The second-order valence-corrected chi connectivity index (χ2v) is 10.3. The van der Waals surface area contributed by atoms with Crippen molar-refractivity contribution >= 4 is 58.0 Å². The number of carbonyl (C=O) groups is 2. The number of piperazine rings is 1. The highest BCUT2D eigenvalue weighted by atomic mass is 35.5. The van der Waals surface area contributed by atoms with Gasteiger partial charge in [-0.2, -0.15) is 0 Å². The summed E-state index contributed by atoms with van der Waals surface area (Å²) < 4.78 is 12.3. The van der Waals surface area contributed by atoms with Crippen LogP contribution in [0.3, 0.4) is 0 Å². The van der Waals surface area contributed by atoms with Gasteiger partial charge in [0.05, 0.1) is 19.7 Å². The number of ether oxygens (including phenoxy) is 2. The fourth-order valence-electron chi connectivity index (χ4n) is 5.06. The van der Waals surface area contributed by atoms with Crippen molar-refractivity contribution in [3.8, 4) is 11.5 Å². The van der Waals surface area contributed by atoms with Crippen molar-refractivity contribution in [1.82, 2.24) is 19.8 Å². The van der Waals surface area contributed by atoms with Gasteiger partial charge in [-0.1, -0.05) is 17.7 Å². The topological polar surface area (TPSA) is 101 Å². The third-order valence-electron chi connectivity index (χ3n) is 7.17. The van der Waals surface area contributed by atoms with Crippen molar-refractivity contribution in [1.29, 1.82) is 0 Å². The molecule has 206 valence electrons. The van der Waals surface area contributed by atoms with Gasteiger partial charge in [-0.25, -0.2) is 9.55 Å². The molecule has 0 bridgehead atoms. The van der Waals surface area contributed by atoms with E-state index in [1.54, 1.807) is 26.4 Å². The smallest absolute Gasteiger partial charge is 0.257 e. The summed E-state index contributed by atoms with van der Waals surface area (Å²) >= 11 is 11.5. The predicted molar refractivity (Wildman–Crippen MR) is 154 cm³/mol. The van der Waals surface area contributed by atoms with E-state index in [1.165, 1.54) is 4.57 Å². The Morgan fingerprint density at radius 2 is 1.90 bits per heavy atom. The molecule has 12 heteroatoms. The number of halogens is 1. The molecule has 3 heterocycles. The lowest BCUT2D eigenvalue weighted by Gasteiger charge is -2.36. The van der Waals surface area contributed by atoms with Crippen LogP contribution in [0.25, 0.3) is 10.9 Å². The fourth-order valence-corrected chi connectivity index (χ4v) is 5.53. The SMILES string of the molecule is COc1cc2nc(=S)n3c(c2cc1OC)NC(CCC(=O)NCCN1CCN(c2cccc(Cl)c2)CC1)C3=O. The number of aromatic nitrogens is 2. The Kier molecular flexibility index (Phi) is 8.20. The third kappa shape index (κ3) is 5.80. The number of fused-ring (bicyclic) bond motifs is 3. The molecular weight excluding hydrogens is 540 g/mol. The van der Waals surface area contributed by atoms with Gasteiger partial charge >= 0.3 is 0 Å². The molecular formula is C27H31ClN6O4S. The normalized spacial score (nSPS) is 17.2. The summed E-state index contributed by atoms with van der Waals surface area (Å²) in [4.78, 5) is 34.7. The van der Waals surface area contributed by atoms with Crippen LogP contribution in [0.1, 0.15) is 17.6 Å². The molecule has 1 fully saturated rings. The van der Waals surface area contributed by atoms with E-state index in [9.17, 15) is 9.59 Å². The minimum atomic E-state index is -0.572. The molecule has 10 nitrogen and oxygen atoms in total. The number of hydrogen-bond acceptors (Lipinski definition) is 9. The number of carbonyl (C=O) groups excluding carboxylic acids is 2. The van der Waals surface area contributed by atoms with Crippen molar-refractivity contribution < 1.29 is 19.1 Å². The van der Waals surface area contributed by atoms with Crippen molar-refractivity contribution in [3.05, 3.63) is 46.2 Å². The van der Waals surface area contributed by atoms with Crippen LogP contribution in [0.4, 0.5) is 11.5 Å². The van der Waals surface area contributed by atoms with Gasteiger partial charge in [-0.05, 0) is 42.9 Å².